The monoisotopic (exact) mass is 222 g/mol. The maximum Gasteiger partial charge on any atom is 0.106 e. The van der Waals surface area contributed by atoms with E-state index < -0.39 is 0 Å². The molecule has 1 aromatic rings. The number of nitrogens with one attached hydrogen (secondary N) is 1. The summed E-state index contributed by atoms with van der Waals surface area (Å²) >= 11 is 0. The highest BCUT2D eigenvalue weighted by atomic mass is 15.2. The third kappa shape index (κ3) is 2.13. The molecule has 16 heavy (non-hydrogen) atoms. The van der Waals surface area contributed by atoms with Crippen LogP contribution >= 0.6 is 0 Å². The summed E-state index contributed by atoms with van der Waals surface area (Å²) in [5.41, 5.74) is 2.68. The third-order valence-electron chi connectivity index (χ3n) is 3.51. The second-order valence-corrected chi connectivity index (χ2v) is 4.90. The maximum absolute atomic E-state index is 4.65. The smallest absolute Gasteiger partial charge is 0.106 e. The van der Waals surface area contributed by atoms with Crippen molar-refractivity contribution in [2.75, 3.05) is 20.6 Å². The Bertz CT molecular complexity index is 367. The van der Waals surface area contributed by atoms with E-state index in [1.54, 1.807) is 0 Å². The van der Waals surface area contributed by atoms with Gasteiger partial charge in [0.05, 0.1) is 5.69 Å². The number of aromatic nitrogens is 2. The van der Waals surface area contributed by atoms with E-state index in [-0.39, 0.29) is 0 Å². The van der Waals surface area contributed by atoms with E-state index in [2.05, 4.69) is 47.7 Å². The van der Waals surface area contributed by atoms with Crippen LogP contribution in [0.4, 0.5) is 0 Å². The predicted octanol–water partition coefficient (Wildman–Crippen LogP) is 0.787. The lowest BCUT2D eigenvalue weighted by molar-refractivity contribution is 0.280. The van der Waals surface area contributed by atoms with Crippen LogP contribution < -0.4 is 5.32 Å². The summed E-state index contributed by atoms with van der Waals surface area (Å²) in [4.78, 5) is 6.90. The van der Waals surface area contributed by atoms with Gasteiger partial charge in [0, 0.05) is 37.8 Å². The lowest BCUT2D eigenvalue weighted by atomic mass is 10.1. The number of hydrogen-bond acceptors (Lipinski definition) is 3. The molecule has 90 valence electrons. The number of nitrogens with zero attached hydrogens (tertiary/aromatic N) is 3. The van der Waals surface area contributed by atoms with Gasteiger partial charge < -0.3 is 14.8 Å². The van der Waals surface area contributed by atoms with Gasteiger partial charge in [0.2, 0.25) is 0 Å². The van der Waals surface area contributed by atoms with Gasteiger partial charge in [0.1, 0.15) is 5.82 Å². The number of likely N-dealkylation sites (N-methyl/N-ethyl adjacent to an activating group) is 1. The van der Waals surface area contributed by atoms with E-state index in [0.29, 0.717) is 6.04 Å². The zero-order chi connectivity index (χ0) is 11.7. The lowest BCUT2D eigenvalue weighted by Crippen LogP contribution is -2.31. The van der Waals surface area contributed by atoms with E-state index in [0.717, 1.165) is 31.9 Å². The SMILES string of the molecule is Cc1nc2c(n1CC(C)N(C)C)CCNC2. The first-order chi connectivity index (χ1) is 7.59. The van der Waals surface area contributed by atoms with Crippen LogP contribution in [-0.2, 0) is 19.5 Å². The summed E-state index contributed by atoms with van der Waals surface area (Å²) in [6.45, 7) is 7.42. The third-order valence-corrected chi connectivity index (χ3v) is 3.51. The highest BCUT2D eigenvalue weighted by molar-refractivity contribution is 5.20. The summed E-state index contributed by atoms with van der Waals surface area (Å²) in [7, 11) is 4.26. The van der Waals surface area contributed by atoms with Gasteiger partial charge in [-0.2, -0.15) is 0 Å². The van der Waals surface area contributed by atoms with Gasteiger partial charge in [-0.25, -0.2) is 4.98 Å². The maximum atomic E-state index is 4.65. The minimum absolute atomic E-state index is 0.548. The fourth-order valence-electron chi connectivity index (χ4n) is 2.18. The number of imidazole rings is 1. The molecular formula is C12H22N4. The molecule has 0 amide bonds. The fraction of sp³-hybridized carbons (Fsp3) is 0.750. The molecule has 1 N–H and O–H groups in total. The zero-order valence-electron chi connectivity index (χ0n) is 10.7. The van der Waals surface area contributed by atoms with Gasteiger partial charge in [-0.3, -0.25) is 0 Å². The Morgan fingerprint density at radius 3 is 2.94 bits per heavy atom. The van der Waals surface area contributed by atoms with Crippen molar-refractivity contribution in [2.45, 2.75) is 39.4 Å². The van der Waals surface area contributed by atoms with Crippen LogP contribution in [0.25, 0.3) is 0 Å². The van der Waals surface area contributed by atoms with E-state index in [4.69, 9.17) is 0 Å². The van der Waals surface area contributed by atoms with Crippen LogP contribution in [0.15, 0.2) is 0 Å². The van der Waals surface area contributed by atoms with Crippen molar-refractivity contribution in [1.82, 2.24) is 19.8 Å². The molecule has 0 fully saturated rings. The normalized spacial score (nSPS) is 17.6. The first-order valence-electron chi connectivity index (χ1n) is 6.01. The van der Waals surface area contributed by atoms with Gasteiger partial charge in [0.15, 0.2) is 0 Å². The molecule has 1 aliphatic rings. The molecule has 4 nitrogen and oxygen atoms in total. The molecule has 2 heterocycles. The number of aryl methyl sites for hydroxylation is 1. The summed E-state index contributed by atoms with van der Waals surface area (Å²) in [5.74, 6) is 1.16. The summed E-state index contributed by atoms with van der Waals surface area (Å²) in [6, 6.07) is 0.548. The van der Waals surface area contributed by atoms with Crippen molar-refractivity contribution in [3.8, 4) is 0 Å². The quantitative estimate of drug-likeness (QED) is 0.821. The molecule has 0 radical (unpaired) electrons. The fourth-order valence-corrected chi connectivity index (χ4v) is 2.18. The minimum atomic E-state index is 0.548. The molecular weight excluding hydrogens is 200 g/mol. The number of rotatable bonds is 3. The lowest BCUT2D eigenvalue weighted by Gasteiger charge is -2.23. The van der Waals surface area contributed by atoms with Crippen molar-refractivity contribution in [2.24, 2.45) is 0 Å². The highest BCUT2D eigenvalue weighted by Crippen LogP contribution is 2.16. The summed E-state index contributed by atoms with van der Waals surface area (Å²) < 4.78 is 2.39. The average molecular weight is 222 g/mol. The second-order valence-electron chi connectivity index (χ2n) is 4.90. The number of fused-ring (bicyclic) bond motifs is 1. The van der Waals surface area contributed by atoms with Crippen molar-refractivity contribution >= 4 is 0 Å². The first kappa shape index (κ1) is 11.6. The number of hydrogen-bond donors (Lipinski definition) is 1. The van der Waals surface area contributed by atoms with E-state index in [9.17, 15) is 0 Å². The van der Waals surface area contributed by atoms with Gasteiger partial charge in [-0.05, 0) is 27.9 Å². The Hall–Kier alpha value is -0.870. The van der Waals surface area contributed by atoms with Crippen LogP contribution in [0.3, 0.4) is 0 Å². The molecule has 0 aromatic carbocycles. The predicted molar refractivity (Wildman–Crippen MR) is 65.5 cm³/mol. The Kier molecular flexibility index (Phi) is 3.30. The molecule has 0 spiro atoms. The van der Waals surface area contributed by atoms with Crippen molar-refractivity contribution in [3.05, 3.63) is 17.2 Å². The first-order valence-corrected chi connectivity index (χ1v) is 6.01. The minimum Gasteiger partial charge on any atom is -0.330 e. The summed E-state index contributed by atoms with van der Waals surface area (Å²) in [5, 5.41) is 3.37. The van der Waals surface area contributed by atoms with Crippen LogP contribution in [0, 0.1) is 6.92 Å². The Morgan fingerprint density at radius 2 is 2.25 bits per heavy atom. The molecule has 0 aliphatic carbocycles. The Labute approximate surface area is 97.7 Å². The molecule has 2 rings (SSSR count). The molecule has 1 aromatic heterocycles. The second kappa shape index (κ2) is 4.55. The molecule has 1 atom stereocenters. The van der Waals surface area contributed by atoms with Crippen LogP contribution in [-0.4, -0.2) is 41.1 Å². The van der Waals surface area contributed by atoms with Crippen LogP contribution in [0.5, 0.6) is 0 Å². The molecule has 0 saturated carbocycles. The zero-order valence-corrected chi connectivity index (χ0v) is 10.7. The molecule has 1 unspecified atom stereocenters. The van der Waals surface area contributed by atoms with E-state index in [1.165, 1.54) is 11.4 Å². The molecule has 0 saturated heterocycles. The molecule has 0 bridgehead atoms. The van der Waals surface area contributed by atoms with Crippen LogP contribution in [0.1, 0.15) is 24.1 Å². The van der Waals surface area contributed by atoms with Gasteiger partial charge in [-0.1, -0.05) is 0 Å². The largest absolute Gasteiger partial charge is 0.330 e. The molecule has 4 heteroatoms. The molecule has 1 aliphatic heterocycles. The Morgan fingerprint density at radius 1 is 1.50 bits per heavy atom. The topological polar surface area (TPSA) is 33.1 Å². The van der Waals surface area contributed by atoms with E-state index in [1.807, 2.05) is 0 Å². The van der Waals surface area contributed by atoms with Gasteiger partial charge >= 0.3 is 0 Å². The van der Waals surface area contributed by atoms with Gasteiger partial charge in [0.25, 0.3) is 0 Å². The van der Waals surface area contributed by atoms with Crippen molar-refractivity contribution in [3.63, 3.8) is 0 Å². The van der Waals surface area contributed by atoms with E-state index >= 15 is 0 Å². The average Bonchev–Trinajstić information content (AvgIpc) is 2.55. The Balaban J connectivity index is 2.23. The van der Waals surface area contributed by atoms with Crippen LogP contribution in [0.2, 0.25) is 0 Å². The standard InChI is InChI=1S/C12H22N4/c1-9(15(3)4)8-16-10(2)14-11-7-13-6-5-12(11)16/h9,13H,5-8H2,1-4H3. The van der Waals surface area contributed by atoms with Gasteiger partial charge in [-0.15, -0.1) is 0 Å². The van der Waals surface area contributed by atoms with Crippen molar-refractivity contribution < 1.29 is 0 Å². The van der Waals surface area contributed by atoms with Crippen molar-refractivity contribution in [1.29, 1.82) is 0 Å². The summed E-state index contributed by atoms with van der Waals surface area (Å²) in [6.07, 6.45) is 1.11. The highest BCUT2D eigenvalue weighted by Gasteiger charge is 2.19.